The van der Waals surface area contributed by atoms with Crippen LogP contribution in [-0.2, 0) is 4.79 Å². The fourth-order valence-corrected chi connectivity index (χ4v) is 1.60. The van der Waals surface area contributed by atoms with Crippen LogP contribution in [0, 0.1) is 11.3 Å². The number of rotatable bonds is 5. The number of hydrogen-bond acceptors (Lipinski definition) is 3. The Morgan fingerprint density at radius 3 is 2.50 bits per heavy atom. The molecular formula is C14H19N3O. The summed E-state index contributed by atoms with van der Waals surface area (Å²) in [4.78, 5) is 11.6. The summed E-state index contributed by atoms with van der Waals surface area (Å²) in [5.41, 5.74) is 7.21. The van der Waals surface area contributed by atoms with Gasteiger partial charge in [-0.3, -0.25) is 4.79 Å². The van der Waals surface area contributed by atoms with E-state index in [-0.39, 0.29) is 18.0 Å². The fraction of sp³-hybridized carbons (Fsp3) is 0.429. The zero-order chi connectivity index (χ0) is 13.5. The SMILES string of the molecule is CC(N)CCC(=O)NC(C)c1ccc(C#N)cc1. The van der Waals surface area contributed by atoms with Crippen molar-refractivity contribution in [3.8, 4) is 6.07 Å². The molecule has 0 aliphatic carbocycles. The van der Waals surface area contributed by atoms with Gasteiger partial charge in [0.05, 0.1) is 17.7 Å². The molecule has 1 aromatic carbocycles. The van der Waals surface area contributed by atoms with Crippen LogP contribution in [-0.4, -0.2) is 11.9 Å². The van der Waals surface area contributed by atoms with Gasteiger partial charge >= 0.3 is 0 Å². The molecule has 3 N–H and O–H groups in total. The zero-order valence-corrected chi connectivity index (χ0v) is 10.8. The van der Waals surface area contributed by atoms with Gasteiger partial charge in [-0.2, -0.15) is 5.26 Å². The maximum atomic E-state index is 11.6. The number of benzene rings is 1. The van der Waals surface area contributed by atoms with Crippen molar-refractivity contribution in [3.05, 3.63) is 35.4 Å². The minimum atomic E-state index is -0.0571. The zero-order valence-electron chi connectivity index (χ0n) is 10.8. The second-order valence-corrected chi connectivity index (χ2v) is 4.54. The minimum absolute atomic E-state index is 0.00385. The van der Waals surface area contributed by atoms with Crippen LogP contribution in [0.4, 0.5) is 0 Å². The summed E-state index contributed by atoms with van der Waals surface area (Å²) in [7, 11) is 0. The maximum absolute atomic E-state index is 11.6. The van der Waals surface area contributed by atoms with Crippen LogP contribution >= 0.6 is 0 Å². The maximum Gasteiger partial charge on any atom is 0.220 e. The van der Waals surface area contributed by atoms with Gasteiger partial charge < -0.3 is 11.1 Å². The van der Waals surface area contributed by atoms with Gasteiger partial charge in [-0.05, 0) is 38.0 Å². The fourth-order valence-electron chi connectivity index (χ4n) is 1.60. The van der Waals surface area contributed by atoms with Crippen LogP contribution < -0.4 is 11.1 Å². The lowest BCUT2D eigenvalue weighted by atomic mass is 10.1. The van der Waals surface area contributed by atoms with Gasteiger partial charge in [-0.15, -0.1) is 0 Å². The normalized spacial score (nSPS) is 13.4. The molecule has 2 unspecified atom stereocenters. The van der Waals surface area contributed by atoms with Gasteiger partial charge in [0.2, 0.25) is 5.91 Å². The first-order valence-corrected chi connectivity index (χ1v) is 6.08. The van der Waals surface area contributed by atoms with E-state index >= 15 is 0 Å². The minimum Gasteiger partial charge on any atom is -0.350 e. The van der Waals surface area contributed by atoms with Crippen molar-refractivity contribution in [3.63, 3.8) is 0 Å². The van der Waals surface area contributed by atoms with Crippen molar-refractivity contribution in [1.29, 1.82) is 5.26 Å². The Kier molecular flexibility index (Phi) is 5.34. The molecule has 1 amide bonds. The first-order chi connectivity index (χ1) is 8.52. The quantitative estimate of drug-likeness (QED) is 0.831. The van der Waals surface area contributed by atoms with Crippen LogP contribution in [0.3, 0.4) is 0 Å². The van der Waals surface area contributed by atoms with Crippen molar-refractivity contribution in [1.82, 2.24) is 5.32 Å². The highest BCUT2D eigenvalue weighted by molar-refractivity contribution is 5.76. The Labute approximate surface area is 108 Å². The monoisotopic (exact) mass is 245 g/mol. The van der Waals surface area contributed by atoms with Crippen LogP contribution in [0.2, 0.25) is 0 Å². The van der Waals surface area contributed by atoms with Crippen LogP contribution in [0.5, 0.6) is 0 Å². The third kappa shape index (κ3) is 4.56. The second kappa shape index (κ2) is 6.77. The Hall–Kier alpha value is -1.86. The predicted octanol–water partition coefficient (Wildman–Crippen LogP) is 1.86. The smallest absolute Gasteiger partial charge is 0.220 e. The summed E-state index contributed by atoms with van der Waals surface area (Å²) in [6, 6.07) is 9.26. The van der Waals surface area contributed by atoms with Crippen LogP contribution in [0.1, 0.15) is 43.9 Å². The molecule has 0 saturated carbocycles. The van der Waals surface area contributed by atoms with Crippen molar-refractivity contribution in [2.75, 3.05) is 0 Å². The van der Waals surface area contributed by atoms with Gasteiger partial charge in [0.1, 0.15) is 0 Å². The molecule has 1 aromatic rings. The number of nitrogens with one attached hydrogen (secondary N) is 1. The molecule has 0 heterocycles. The lowest BCUT2D eigenvalue weighted by molar-refractivity contribution is -0.121. The van der Waals surface area contributed by atoms with Crippen molar-refractivity contribution in [2.24, 2.45) is 5.73 Å². The molecule has 96 valence electrons. The average molecular weight is 245 g/mol. The highest BCUT2D eigenvalue weighted by atomic mass is 16.1. The van der Waals surface area contributed by atoms with E-state index in [0.29, 0.717) is 18.4 Å². The molecule has 0 aliphatic rings. The Morgan fingerprint density at radius 2 is 2.00 bits per heavy atom. The van der Waals surface area contributed by atoms with Gasteiger partial charge in [-0.25, -0.2) is 0 Å². The lowest BCUT2D eigenvalue weighted by Crippen LogP contribution is -2.28. The number of nitrogens with zero attached hydrogens (tertiary/aromatic N) is 1. The number of carbonyl (C=O) groups excluding carboxylic acids is 1. The largest absolute Gasteiger partial charge is 0.350 e. The molecule has 4 nitrogen and oxygen atoms in total. The van der Waals surface area contributed by atoms with Gasteiger partial charge in [0, 0.05) is 12.5 Å². The van der Waals surface area contributed by atoms with Crippen LogP contribution in [0.25, 0.3) is 0 Å². The van der Waals surface area contributed by atoms with E-state index in [2.05, 4.69) is 11.4 Å². The summed E-state index contributed by atoms with van der Waals surface area (Å²) < 4.78 is 0. The van der Waals surface area contributed by atoms with E-state index in [1.54, 1.807) is 12.1 Å². The van der Waals surface area contributed by atoms with Crippen LogP contribution in [0.15, 0.2) is 24.3 Å². The average Bonchev–Trinajstić information content (AvgIpc) is 2.36. The van der Waals surface area contributed by atoms with E-state index < -0.39 is 0 Å². The predicted molar refractivity (Wildman–Crippen MR) is 70.6 cm³/mol. The second-order valence-electron chi connectivity index (χ2n) is 4.54. The van der Waals surface area contributed by atoms with E-state index in [9.17, 15) is 4.79 Å². The highest BCUT2D eigenvalue weighted by Crippen LogP contribution is 2.13. The van der Waals surface area contributed by atoms with Gasteiger partial charge in [-0.1, -0.05) is 12.1 Å². The van der Waals surface area contributed by atoms with Crippen molar-refractivity contribution < 1.29 is 4.79 Å². The number of hydrogen-bond donors (Lipinski definition) is 2. The first-order valence-electron chi connectivity index (χ1n) is 6.08. The molecular weight excluding hydrogens is 226 g/mol. The Morgan fingerprint density at radius 1 is 1.39 bits per heavy atom. The van der Waals surface area contributed by atoms with Crippen molar-refractivity contribution >= 4 is 5.91 Å². The van der Waals surface area contributed by atoms with Crippen molar-refractivity contribution in [2.45, 2.75) is 38.8 Å². The molecule has 0 bridgehead atoms. The summed E-state index contributed by atoms with van der Waals surface area (Å²) in [6.45, 7) is 3.81. The molecule has 2 atom stereocenters. The third-order valence-electron chi connectivity index (χ3n) is 2.74. The Bertz CT molecular complexity index is 431. The van der Waals surface area contributed by atoms with E-state index in [0.717, 1.165) is 5.56 Å². The number of carbonyl (C=O) groups is 1. The van der Waals surface area contributed by atoms with E-state index in [4.69, 9.17) is 11.0 Å². The third-order valence-corrected chi connectivity index (χ3v) is 2.74. The van der Waals surface area contributed by atoms with Gasteiger partial charge in [0.15, 0.2) is 0 Å². The molecule has 4 heteroatoms. The first kappa shape index (κ1) is 14.2. The summed E-state index contributed by atoms with van der Waals surface area (Å²) in [6.07, 6.45) is 1.13. The lowest BCUT2D eigenvalue weighted by Gasteiger charge is -2.14. The Balaban J connectivity index is 2.51. The molecule has 0 saturated heterocycles. The highest BCUT2D eigenvalue weighted by Gasteiger charge is 2.09. The molecule has 0 fully saturated rings. The van der Waals surface area contributed by atoms with Gasteiger partial charge in [0.25, 0.3) is 0 Å². The topological polar surface area (TPSA) is 78.9 Å². The molecule has 0 spiro atoms. The van der Waals surface area contributed by atoms with E-state index in [1.165, 1.54) is 0 Å². The molecule has 18 heavy (non-hydrogen) atoms. The standard InChI is InChI=1S/C14H19N3O/c1-10(16)3-8-14(18)17-11(2)13-6-4-12(9-15)5-7-13/h4-7,10-11H,3,8,16H2,1-2H3,(H,17,18). The molecule has 0 radical (unpaired) electrons. The van der Waals surface area contributed by atoms with E-state index in [1.807, 2.05) is 26.0 Å². The number of nitriles is 1. The summed E-state index contributed by atoms with van der Waals surface area (Å²) in [5.74, 6) is 0.00385. The molecule has 0 aromatic heterocycles. The molecule has 0 aliphatic heterocycles. The summed E-state index contributed by atoms with van der Waals surface area (Å²) in [5, 5.41) is 11.6. The summed E-state index contributed by atoms with van der Waals surface area (Å²) >= 11 is 0. The number of nitrogens with two attached hydrogens (primary N) is 1. The number of amides is 1. The molecule has 1 rings (SSSR count).